The van der Waals surface area contributed by atoms with Crippen molar-refractivity contribution in [1.82, 2.24) is 13.7 Å². The van der Waals surface area contributed by atoms with Gasteiger partial charge in [0.15, 0.2) is 5.69 Å². The number of aromatic nitrogens is 3. The Hall–Kier alpha value is -7.35. The SMILES string of the molecule is [C-]#[N+]c1ccc(-n2c3ccccc3c3cc(-c4ccc5c6ccccc6n(-c6ccccc6)c5c4)ccc32)c(-n2c3ccccc3c3ccccc32)c1. The van der Waals surface area contributed by atoms with Crippen molar-refractivity contribution in [2.24, 2.45) is 0 Å². The molecule has 0 unspecified atom stereocenters. The molecule has 3 heterocycles. The molecule has 0 saturated carbocycles. The average Bonchev–Trinajstić information content (AvgIpc) is 3.86. The highest BCUT2D eigenvalue weighted by atomic mass is 15.1. The first-order chi connectivity index (χ1) is 26.3. The van der Waals surface area contributed by atoms with Crippen LogP contribution < -0.4 is 0 Å². The van der Waals surface area contributed by atoms with Crippen molar-refractivity contribution in [2.45, 2.75) is 0 Å². The fraction of sp³-hybridized carbons (Fsp3) is 0. The van der Waals surface area contributed by atoms with E-state index in [0.717, 1.165) is 44.7 Å². The second kappa shape index (κ2) is 11.3. The summed E-state index contributed by atoms with van der Waals surface area (Å²) in [5.74, 6) is 0. The fourth-order valence-corrected chi connectivity index (χ4v) is 8.55. The highest BCUT2D eigenvalue weighted by Gasteiger charge is 2.20. The summed E-state index contributed by atoms with van der Waals surface area (Å²) < 4.78 is 7.07. The maximum absolute atomic E-state index is 7.96. The number of hydrogen-bond donors (Lipinski definition) is 0. The Bertz CT molecular complexity index is 3240. The van der Waals surface area contributed by atoms with Gasteiger partial charge >= 0.3 is 0 Å². The molecule has 0 fully saturated rings. The van der Waals surface area contributed by atoms with Crippen molar-refractivity contribution in [1.29, 1.82) is 0 Å². The van der Waals surface area contributed by atoms with Crippen LogP contribution in [0.25, 0.3) is 98.5 Å². The number of benzene rings is 8. The molecule has 0 spiro atoms. The summed E-state index contributed by atoms with van der Waals surface area (Å²) in [4.78, 5) is 3.88. The second-order valence-corrected chi connectivity index (χ2v) is 13.7. The standard InChI is InChI=1S/C49H30N4/c1-50-34-25-28-47(49(31-34)53-43-20-10-6-15-36(43)37-16-7-11-21-44(37)53)52-45-22-12-8-18-39(45)41-29-32(24-27-46(41)52)33-23-26-40-38-17-5-9-19-42(38)51(48(40)30-33)35-13-3-2-4-14-35/h2-31H. The van der Waals surface area contributed by atoms with Crippen molar-refractivity contribution in [3.8, 4) is 28.2 Å². The number of fused-ring (bicyclic) bond motifs is 9. The van der Waals surface area contributed by atoms with Crippen LogP contribution in [0.4, 0.5) is 5.69 Å². The molecule has 0 saturated heterocycles. The molecule has 0 amide bonds. The Morgan fingerprint density at radius 2 is 0.792 bits per heavy atom. The lowest BCUT2D eigenvalue weighted by molar-refractivity contribution is 1.10. The predicted octanol–water partition coefficient (Wildman–Crippen LogP) is 13.2. The maximum atomic E-state index is 7.96. The lowest BCUT2D eigenvalue weighted by atomic mass is 10.0. The van der Waals surface area contributed by atoms with E-state index in [9.17, 15) is 0 Å². The van der Waals surface area contributed by atoms with E-state index in [0.29, 0.717) is 5.69 Å². The first kappa shape index (κ1) is 29.4. The van der Waals surface area contributed by atoms with Crippen LogP contribution in [-0.4, -0.2) is 13.7 Å². The molecule has 246 valence electrons. The monoisotopic (exact) mass is 674 g/mol. The third kappa shape index (κ3) is 4.29. The Balaban J connectivity index is 1.16. The summed E-state index contributed by atoms with van der Waals surface area (Å²) in [6.45, 7) is 7.96. The molecule has 0 atom stereocenters. The predicted molar refractivity (Wildman–Crippen MR) is 221 cm³/mol. The van der Waals surface area contributed by atoms with Gasteiger partial charge in [-0.3, -0.25) is 0 Å². The fourth-order valence-electron chi connectivity index (χ4n) is 8.55. The molecular formula is C49H30N4. The maximum Gasteiger partial charge on any atom is 0.189 e. The van der Waals surface area contributed by atoms with E-state index in [1.165, 1.54) is 48.9 Å². The smallest absolute Gasteiger partial charge is 0.189 e. The zero-order valence-electron chi connectivity index (χ0n) is 28.6. The Morgan fingerprint density at radius 3 is 1.42 bits per heavy atom. The summed E-state index contributed by atoms with van der Waals surface area (Å²) in [5, 5.41) is 7.25. The van der Waals surface area contributed by atoms with Gasteiger partial charge in [0.05, 0.1) is 51.0 Å². The molecular weight excluding hydrogens is 645 g/mol. The summed E-state index contributed by atoms with van der Waals surface area (Å²) in [6.07, 6.45) is 0. The first-order valence-electron chi connectivity index (χ1n) is 17.9. The van der Waals surface area contributed by atoms with E-state index in [-0.39, 0.29) is 0 Å². The van der Waals surface area contributed by atoms with Gasteiger partial charge < -0.3 is 13.7 Å². The number of rotatable bonds is 4. The Kier molecular flexibility index (Phi) is 6.28. The molecule has 8 aromatic carbocycles. The normalized spacial score (nSPS) is 11.8. The van der Waals surface area contributed by atoms with E-state index in [1.54, 1.807) is 0 Å². The van der Waals surface area contributed by atoms with Crippen LogP contribution in [0.5, 0.6) is 0 Å². The molecule has 0 aliphatic carbocycles. The minimum atomic E-state index is 0.608. The summed E-state index contributed by atoms with van der Waals surface area (Å²) >= 11 is 0. The van der Waals surface area contributed by atoms with Gasteiger partial charge in [0.2, 0.25) is 0 Å². The van der Waals surface area contributed by atoms with Crippen LogP contribution in [0.3, 0.4) is 0 Å². The molecule has 4 nitrogen and oxygen atoms in total. The molecule has 0 bridgehead atoms. The lowest BCUT2D eigenvalue weighted by Gasteiger charge is -2.17. The molecule has 0 N–H and O–H groups in total. The van der Waals surface area contributed by atoms with Gasteiger partial charge in [0.25, 0.3) is 0 Å². The number of nitrogens with zero attached hydrogens (tertiary/aromatic N) is 4. The second-order valence-electron chi connectivity index (χ2n) is 13.7. The summed E-state index contributed by atoms with van der Waals surface area (Å²) in [7, 11) is 0. The van der Waals surface area contributed by atoms with E-state index >= 15 is 0 Å². The van der Waals surface area contributed by atoms with Crippen LogP contribution in [0, 0.1) is 6.57 Å². The van der Waals surface area contributed by atoms with Crippen molar-refractivity contribution in [3.05, 3.63) is 193 Å². The highest BCUT2D eigenvalue weighted by molar-refractivity contribution is 6.13. The average molecular weight is 675 g/mol. The Labute approximate surface area is 305 Å². The highest BCUT2D eigenvalue weighted by Crippen LogP contribution is 2.41. The van der Waals surface area contributed by atoms with Crippen molar-refractivity contribution >= 4 is 71.1 Å². The van der Waals surface area contributed by atoms with Crippen LogP contribution in [0.2, 0.25) is 0 Å². The van der Waals surface area contributed by atoms with Crippen molar-refractivity contribution in [3.63, 3.8) is 0 Å². The van der Waals surface area contributed by atoms with E-state index in [4.69, 9.17) is 6.57 Å². The first-order valence-corrected chi connectivity index (χ1v) is 17.9. The third-order valence-electron chi connectivity index (χ3n) is 10.8. The van der Waals surface area contributed by atoms with Crippen LogP contribution in [0.15, 0.2) is 182 Å². The number of para-hydroxylation sites is 5. The van der Waals surface area contributed by atoms with Gasteiger partial charge in [0.1, 0.15) is 0 Å². The van der Waals surface area contributed by atoms with Gasteiger partial charge in [-0.25, -0.2) is 4.85 Å². The van der Waals surface area contributed by atoms with Gasteiger partial charge in [-0.2, -0.15) is 0 Å². The molecule has 0 radical (unpaired) electrons. The summed E-state index contributed by atoms with van der Waals surface area (Å²) in [5.41, 5.74) is 13.0. The van der Waals surface area contributed by atoms with Crippen LogP contribution in [-0.2, 0) is 0 Å². The minimum Gasteiger partial charge on any atom is -0.309 e. The molecule has 11 aromatic rings. The van der Waals surface area contributed by atoms with Gasteiger partial charge in [-0.05, 0) is 77.9 Å². The molecule has 0 aliphatic heterocycles. The largest absolute Gasteiger partial charge is 0.309 e. The molecule has 53 heavy (non-hydrogen) atoms. The zero-order chi connectivity index (χ0) is 35.0. The van der Waals surface area contributed by atoms with E-state index in [1.807, 2.05) is 12.1 Å². The molecule has 11 rings (SSSR count). The van der Waals surface area contributed by atoms with Gasteiger partial charge in [-0.1, -0.05) is 115 Å². The molecule has 3 aromatic heterocycles. The minimum absolute atomic E-state index is 0.608. The molecule has 0 aliphatic rings. The Morgan fingerprint density at radius 1 is 0.321 bits per heavy atom. The molecule has 4 heteroatoms. The van der Waals surface area contributed by atoms with Gasteiger partial charge in [-0.15, -0.1) is 0 Å². The van der Waals surface area contributed by atoms with Gasteiger partial charge in [0, 0.05) is 38.0 Å². The zero-order valence-corrected chi connectivity index (χ0v) is 28.6. The van der Waals surface area contributed by atoms with Crippen LogP contribution in [0.1, 0.15) is 0 Å². The summed E-state index contributed by atoms with van der Waals surface area (Å²) in [6, 6.07) is 64.9. The third-order valence-corrected chi connectivity index (χ3v) is 10.8. The topological polar surface area (TPSA) is 19.1 Å². The van der Waals surface area contributed by atoms with Crippen molar-refractivity contribution < 1.29 is 0 Å². The number of hydrogen-bond acceptors (Lipinski definition) is 0. The van der Waals surface area contributed by atoms with E-state index < -0.39 is 0 Å². The van der Waals surface area contributed by atoms with E-state index in [2.05, 4.69) is 188 Å². The lowest BCUT2D eigenvalue weighted by Crippen LogP contribution is -2.03. The van der Waals surface area contributed by atoms with Crippen molar-refractivity contribution in [2.75, 3.05) is 0 Å². The quantitative estimate of drug-likeness (QED) is 0.166. The van der Waals surface area contributed by atoms with Crippen LogP contribution >= 0.6 is 0 Å².